The average Bonchev–Trinajstić information content (AvgIpc) is 1.98. The lowest BCUT2D eigenvalue weighted by Crippen LogP contribution is -2.44. The van der Waals surface area contributed by atoms with Crippen molar-refractivity contribution in [1.29, 1.82) is 0 Å². The summed E-state index contributed by atoms with van der Waals surface area (Å²) in [5.41, 5.74) is 0. The SMILES string of the molecule is CC(NC(=O)C1CCC1)C(C)C(=O)O. The molecule has 0 aliphatic heterocycles. The highest BCUT2D eigenvalue weighted by atomic mass is 16.4. The zero-order chi connectivity index (χ0) is 10.7. The average molecular weight is 199 g/mol. The van der Waals surface area contributed by atoms with Crippen molar-refractivity contribution in [3.63, 3.8) is 0 Å². The minimum Gasteiger partial charge on any atom is -0.481 e. The Kier molecular flexibility index (Phi) is 3.49. The van der Waals surface area contributed by atoms with Crippen LogP contribution in [-0.2, 0) is 9.59 Å². The van der Waals surface area contributed by atoms with E-state index in [0.29, 0.717) is 0 Å². The Labute approximate surface area is 83.7 Å². The van der Waals surface area contributed by atoms with E-state index in [1.54, 1.807) is 13.8 Å². The van der Waals surface area contributed by atoms with Crippen LogP contribution in [0.3, 0.4) is 0 Å². The highest BCUT2D eigenvalue weighted by Gasteiger charge is 2.28. The Morgan fingerprint density at radius 1 is 1.36 bits per heavy atom. The molecule has 4 nitrogen and oxygen atoms in total. The summed E-state index contributed by atoms with van der Waals surface area (Å²) in [4.78, 5) is 22.1. The van der Waals surface area contributed by atoms with Crippen LogP contribution < -0.4 is 5.32 Å². The Balaban J connectivity index is 2.35. The molecular formula is C10H17NO3. The van der Waals surface area contributed by atoms with Crippen molar-refractivity contribution >= 4 is 11.9 Å². The molecule has 1 rings (SSSR count). The molecule has 0 spiro atoms. The van der Waals surface area contributed by atoms with Gasteiger partial charge in [0.1, 0.15) is 0 Å². The van der Waals surface area contributed by atoms with Gasteiger partial charge in [0.15, 0.2) is 0 Å². The minimum absolute atomic E-state index is 0.0110. The maximum atomic E-state index is 11.5. The molecule has 0 aromatic carbocycles. The van der Waals surface area contributed by atoms with E-state index >= 15 is 0 Å². The Bertz CT molecular complexity index is 236. The van der Waals surface area contributed by atoms with Crippen molar-refractivity contribution in [3.05, 3.63) is 0 Å². The number of carboxylic acids is 1. The number of rotatable bonds is 4. The maximum Gasteiger partial charge on any atom is 0.308 e. The molecule has 0 radical (unpaired) electrons. The molecule has 1 fully saturated rings. The van der Waals surface area contributed by atoms with Gasteiger partial charge >= 0.3 is 5.97 Å². The largest absolute Gasteiger partial charge is 0.481 e. The van der Waals surface area contributed by atoms with Gasteiger partial charge in [0.05, 0.1) is 5.92 Å². The molecule has 1 amide bonds. The summed E-state index contributed by atoms with van der Waals surface area (Å²) in [5.74, 6) is -1.26. The van der Waals surface area contributed by atoms with Gasteiger partial charge < -0.3 is 10.4 Å². The molecule has 0 aromatic rings. The van der Waals surface area contributed by atoms with Gasteiger partial charge in [-0.1, -0.05) is 6.42 Å². The Hall–Kier alpha value is -1.06. The van der Waals surface area contributed by atoms with Crippen molar-refractivity contribution in [2.24, 2.45) is 11.8 Å². The minimum atomic E-state index is -0.869. The van der Waals surface area contributed by atoms with E-state index in [4.69, 9.17) is 5.11 Å². The summed E-state index contributed by atoms with van der Waals surface area (Å²) in [6.07, 6.45) is 3.00. The maximum absolute atomic E-state index is 11.5. The molecule has 0 heterocycles. The van der Waals surface area contributed by atoms with Crippen LogP contribution in [0.4, 0.5) is 0 Å². The molecule has 2 atom stereocenters. The van der Waals surface area contributed by atoms with E-state index < -0.39 is 11.9 Å². The lowest BCUT2D eigenvalue weighted by Gasteiger charge is -2.27. The number of carboxylic acid groups (broad SMARTS) is 1. The molecule has 4 heteroatoms. The summed E-state index contributed by atoms with van der Waals surface area (Å²) >= 11 is 0. The fourth-order valence-electron chi connectivity index (χ4n) is 1.35. The van der Waals surface area contributed by atoms with Gasteiger partial charge in [-0.3, -0.25) is 9.59 Å². The van der Waals surface area contributed by atoms with E-state index in [9.17, 15) is 9.59 Å². The third kappa shape index (κ3) is 2.47. The van der Waals surface area contributed by atoms with Gasteiger partial charge in [-0.05, 0) is 26.7 Å². The summed E-state index contributed by atoms with van der Waals surface area (Å²) in [5, 5.41) is 11.5. The number of carbonyl (C=O) groups excluding carboxylic acids is 1. The third-order valence-electron chi connectivity index (χ3n) is 2.99. The molecular weight excluding hydrogens is 182 g/mol. The molecule has 0 saturated heterocycles. The summed E-state index contributed by atoms with van der Waals surface area (Å²) in [6, 6.07) is -0.291. The summed E-state index contributed by atoms with van der Waals surface area (Å²) in [7, 11) is 0. The second kappa shape index (κ2) is 4.44. The lowest BCUT2D eigenvalue weighted by molar-refractivity contribution is -0.142. The van der Waals surface area contributed by atoms with Crippen molar-refractivity contribution in [2.45, 2.75) is 39.2 Å². The monoisotopic (exact) mass is 199 g/mol. The molecule has 80 valence electrons. The third-order valence-corrected chi connectivity index (χ3v) is 2.99. The normalized spacial score (nSPS) is 20.7. The Morgan fingerprint density at radius 2 is 1.93 bits per heavy atom. The quantitative estimate of drug-likeness (QED) is 0.710. The number of nitrogens with one attached hydrogen (secondary N) is 1. The van der Waals surface area contributed by atoms with Crippen LogP contribution in [0.25, 0.3) is 0 Å². The van der Waals surface area contributed by atoms with Crippen LogP contribution in [0.15, 0.2) is 0 Å². The van der Waals surface area contributed by atoms with E-state index in [1.807, 2.05) is 0 Å². The van der Waals surface area contributed by atoms with Crippen LogP contribution >= 0.6 is 0 Å². The molecule has 14 heavy (non-hydrogen) atoms. The lowest BCUT2D eigenvalue weighted by atomic mass is 9.84. The molecule has 0 bridgehead atoms. The standard InChI is InChI=1S/C10H17NO3/c1-6(10(13)14)7(2)11-9(12)8-4-3-5-8/h6-8H,3-5H2,1-2H3,(H,11,12)(H,13,14). The zero-order valence-corrected chi connectivity index (χ0v) is 8.62. The number of carbonyl (C=O) groups is 2. The van der Waals surface area contributed by atoms with Crippen LogP contribution in [0.1, 0.15) is 33.1 Å². The first-order valence-corrected chi connectivity index (χ1v) is 5.05. The molecule has 1 saturated carbocycles. The fraction of sp³-hybridized carbons (Fsp3) is 0.800. The first-order chi connectivity index (χ1) is 6.52. The number of hydrogen-bond acceptors (Lipinski definition) is 2. The van der Waals surface area contributed by atoms with Crippen LogP contribution in [0.2, 0.25) is 0 Å². The van der Waals surface area contributed by atoms with Gasteiger partial charge in [-0.25, -0.2) is 0 Å². The fourth-order valence-corrected chi connectivity index (χ4v) is 1.35. The van der Waals surface area contributed by atoms with Crippen molar-refractivity contribution in [1.82, 2.24) is 5.32 Å². The van der Waals surface area contributed by atoms with Crippen molar-refractivity contribution < 1.29 is 14.7 Å². The van der Waals surface area contributed by atoms with E-state index in [2.05, 4.69) is 5.32 Å². The predicted octanol–water partition coefficient (Wildman–Crippen LogP) is 1.01. The first kappa shape index (κ1) is 11.0. The zero-order valence-electron chi connectivity index (χ0n) is 8.62. The predicted molar refractivity (Wildman–Crippen MR) is 51.7 cm³/mol. The van der Waals surface area contributed by atoms with Crippen LogP contribution in [0.5, 0.6) is 0 Å². The van der Waals surface area contributed by atoms with E-state index in [1.165, 1.54) is 0 Å². The van der Waals surface area contributed by atoms with Crippen molar-refractivity contribution in [2.75, 3.05) is 0 Å². The van der Waals surface area contributed by atoms with E-state index in [0.717, 1.165) is 19.3 Å². The van der Waals surface area contributed by atoms with Gasteiger partial charge in [-0.15, -0.1) is 0 Å². The van der Waals surface area contributed by atoms with Crippen molar-refractivity contribution in [3.8, 4) is 0 Å². The van der Waals surface area contributed by atoms with Crippen LogP contribution in [-0.4, -0.2) is 23.0 Å². The molecule has 1 aliphatic rings. The molecule has 2 N–H and O–H groups in total. The summed E-state index contributed by atoms with van der Waals surface area (Å²) in [6.45, 7) is 3.34. The number of hydrogen-bond donors (Lipinski definition) is 2. The topological polar surface area (TPSA) is 66.4 Å². The molecule has 2 unspecified atom stereocenters. The number of amides is 1. The highest BCUT2D eigenvalue weighted by Crippen LogP contribution is 2.26. The molecule has 1 aliphatic carbocycles. The molecule has 0 aromatic heterocycles. The summed E-state index contributed by atoms with van der Waals surface area (Å²) < 4.78 is 0. The second-order valence-electron chi connectivity index (χ2n) is 4.05. The first-order valence-electron chi connectivity index (χ1n) is 5.05. The van der Waals surface area contributed by atoms with Gasteiger partial charge in [0.25, 0.3) is 0 Å². The highest BCUT2D eigenvalue weighted by molar-refractivity contribution is 5.80. The Morgan fingerprint density at radius 3 is 2.29 bits per heavy atom. The smallest absolute Gasteiger partial charge is 0.308 e. The van der Waals surface area contributed by atoms with Crippen LogP contribution in [0, 0.1) is 11.8 Å². The van der Waals surface area contributed by atoms with Gasteiger partial charge in [0.2, 0.25) is 5.91 Å². The van der Waals surface area contributed by atoms with Gasteiger partial charge in [-0.2, -0.15) is 0 Å². The van der Waals surface area contributed by atoms with E-state index in [-0.39, 0.29) is 17.9 Å². The second-order valence-corrected chi connectivity index (χ2v) is 4.05. The van der Waals surface area contributed by atoms with Gasteiger partial charge in [0, 0.05) is 12.0 Å². The number of aliphatic carboxylic acids is 1.